The minimum absolute atomic E-state index is 0.0180. The number of benzene rings is 2. The SMILES string of the molecule is CC(C)C(NS(=O)(=O)c1ccc(Cl)cc1)c1nnc(Nc2ccc(Br)cc2)s1. The Morgan fingerprint density at radius 2 is 1.68 bits per heavy atom. The summed E-state index contributed by atoms with van der Waals surface area (Å²) in [6, 6.07) is 13.2. The molecule has 0 radical (unpaired) electrons. The zero-order valence-electron chi connectivity index (χ0n) is 15.1. The van der Waals surface area contributed by atoms with Crippen molar-refractivity contribution in [3.63, 3.8) is 0 Å². The van der Waals surface area contributed by atoms with Crippen LogP contribution < -0.4 is 10.0 Å². The molecule has 3 rings (SSSR count). The van der Waals surface area contributed by atoms with E-state index in [4.69, 9.17) is 11.6 Å². The van der Waals surface area contributed by atoms with Crippen LogP contribution in [-0.4, -0.2) is 18.6 Å². The van der Waals surface area contributed by atoms with Crippen LogP contribution in [0.3, 0.4) is 0 Å². The van der Waals surface area contributed by atoms with Gasteiger partial charge in [0.1, 0.15) is 5.01 Å². The molecule has 10 heteroatoms. The van der Waals surface area contributed by atoms with Gasteiger partial charge in [-0.25, -0.2) is 13.1 Å². The number of aromatic nitrogens is 2. The van der Waals surface area contributed by atoms with Crippen LogP contribution in [0.5, 0.6) is 0 Å². The molecule has 148 valence electrons. The molecule has 2 N–H and O–H groups in total. The van der Waals surface area contributed by atoms with Crippen molar-refractivity contribution in [2.45, 2.75) is 24.8 Å². The lowest BCUT2D eigenvalue weighted by Gasteiger charge is -2.19. The molecule has 0 aliphatic heterocycles. The fourth-order valence-corrected chi connectivity index (χ4v) is 5.19. The second kappa shape index (κ2) is 8.87. The van der Waals surface area contributed by atoms with E-state index < -0.39 is 16.1 Å². The molecule has 2 aromatic carbocycles. The topological polar surface area (TPSA) is 84.0 Å². The molecule has 1 unspecified atom stereocenters. The van der Waals surface area contributed by atoms with Gasteiger partial charge in [-0.05, 0) is 54.4 Å². The molecule has 6 nitrogen and oxygen atoms in total. The Labute approximate surface area is 181 Å². The van der Waals surface area contributed by atoms with Crippen LogP contribution in [-0.2, 0) is 10.0 Å². The molecule has 3 aromatic rings. The van der Waals surface area contributed by atoms with Gasteiger partial charge in [0.25, 0.3) is 0 Å². The third kappa shape index (κ3) is 5.30. The first kappa shape index (κ1) is 21.2. The fraction of sp³-hybridized carbons (Fsp3) is 0.222. The van der Waals surface area contributed by atoms with E-state index in [0.29, 0.717) is 15.2 Å². The van der Waals surface area contributed by atoms with Gasteiger partial charge in [-0.2, -0.15) is 0 Å². The van der Waals surface area contributed by atoms with Gasteiger partial charge in [-0.3, -0.25) is 0 Å². The largest absolute Gasteiger partial charge is 0.330 e. The Hall–Kier alpha value is -1.52. The maximum atomic E-state index is 12.7. The van der Waals surface area contributed by atoms with Crippen LogP contribution in [0.4, 0.5) is 10.8 Å². The molecule has 1 aromatic heterocycles. The summed E-state index contributed by atoms with van der Waals surface area (Å²) < 4.78 is 29.2. The van der Waals surface area contributed by atoms with Gasteiger partial charge in [-0.15, -0.1) is 10.2 Å². The fourth-order valence-electron chi connectivity index (χ4n) is 2.39. The summed E-state index contributed by atoms with van der Waals surface area (Å²) in [7, 11) is -3.72. The number of rotatable bonds is 7. The first-order valence-electron chi connectivity index (χ1n) is 8.38. The quantitative estimate of drug-likeness (QED) is 0.454. The molecule has 0 spiro atoms. The van der Waals surface area contributed by atoms with E-state index >= 15 is 0 Å². The first-order valence-corrected chi connectivity index (χ1v) is 11.9. The van der Waals surface area contributed by atoms with Crippen LogP contribution in [0.2, 0.25) is 5.02 Å². The van der Waals surface area contributed by atoms with Crippen LogP contribution in [0.15, 0.2) is 57.9 Å². The zero-order valence-corrected chi connectivity index (χ0v) is 19.0. The molecule has 0 aliphatic carbocycles. The van der Waals surface area contributed by atoms with E-state index in [9.17, 15) is 8.42 Å². The summed E-state index contributed by atoms with van der Waals surface area (Å²) in [5.74, 6) is -0.0180. The Morgan fingerprint density at radius 3 is 2.29 bits per heavy atom. The smallest absolute Gasteiger partial charge is 0.241 e. The molecule has 0 bridgehead atoms. The molecule has 1 heterocycles. The van der Waals surface area contributed by atoms with Crippen LogP contribution >= 0.6 is 38.9 Å². The van der Waals surface area contributed by atoms with E-state index in [0.717, 1.165) is 10.2 Å². The second-order valence-electron chi connectivity index (χ2n) is 6.37. The van der Waals surface area contributed by atoms with E-state index in [1.165, 1.54) is 23.5 Å². The lowest BCUT2D eigenvalue weighted by atomic mass is 10.1. The van der Waals surface area contributed by atoms with Crippen LogP contribution in [0, 0.1) is 5.92 Å². The maximum Gasteiger partial charge on any atom is 0.241 e. The number of halogens is 2. The minimum Gasteiger partial charge on any atom is -0.330 e. The van der Waals surface area contributed by atoms with Gasteiger partial charge in [0.05, 0.1) is 10.9 Å². The van der Waals surface area contributed by atoms with Crippen molar-refractivity contribution < 1.29 is 8.42 Å². The molecule has 0 amide bonds. The lowest BCUT2D eigenvalue weighted by Crippen LogP contribution is -2.31. The molecular weight excluding hydrogens is 484 g/mol. The molecule has 28 heavy (non-hydrogen) atoms. The van der Waals surface area contributed by atoms with Crippen molar-refractivity contribution in [3.8, 4) is 0 Å². The van der Waals surface area contributed by atoms with E-state index in [2.05, 4.69) is 36.2 Å². The normalized spacial score (nSPS) is 12.9. The van der Waals surface area contributed by atoms with Crippen molar-refractivity contribution >= 4 is 59.7 Å². The standard InChI is InChI=1S/C18H18BrClN4O2S2/c1-11(2)16(24-28(25,26)15-9-5-13(20)6-10-15)17-22-23-18(27-17)21-14-7-3-12(19)4-8-14/h3-11,16,24H,1-2H3,(H,21,23). The number of hydrogen-bond donors (Lipinski definition) is 2. The summed E-state index contributed by atoms with van der Waals surface area (Å²) in [6.45, 7) is 3.86. The van der Waals surface area contributed by atoms with Crippen molar-refractivity contribution in [2.75, 3.05) is 5.32 Å². The Morgan fingerprint density at radius 1 is 1.04 bits per heavy atom. The number of hydrogen-bond acceptors (Lipinski definition) is 6. The predicted molar refractivity (Wildman–Crippen MR) is 117 cm³/mol. The maximum absolute atomic E-state index is 12.7. The van der Waals surface area contributed by atoms with Gasteiger partial charge in [0.2, 0.25) is 15.2 Å². The average Bonchev–Trinajstić information content (AvgIpc) is 3.10. The molecule has 1 atom stereocenters. The van der Waals surface area contributed by atoms with E-state index in [1.807, 2.05) is 38.1 Å². The third-order valence-electron chi connectivity index (χ3n) is 3.87. The van der Waals surface area contributed by atoms with Crippen LogP contribution in [0.1, 0.15) is 24.9 Å². The minimum atomic E-state index is -3.72. The number of nitrogens with zero attached hydrogens (tertiary/aromatic N) is 2. The summed E-state index contributed by atoms with van der Waals surface area (Å²) >= 11 is 10.6. The summed E-state index contributed by atoms with van der Waals surface area (Å²) in [6.07, 6.45) is 0. The summed E-state index contributed by atoms with van der Waals surface area (Å²) in [5, 5.41) is 13.2. The second-order valence-corrected chi connectivity index (χ2v) is 10.4. The first-order chi connectivity index (χ1) is 13.2. The zero-order chi connectivity index (χ0) is 20.3. The lowest BCUT2D eigenvalue weighted by molar-refractivity contribution is 0.459. The number of nitrogens with one attached hydrogen (secondary N) is 2. The highest BCUT2D eigenvalue weighted by molar-refractivity contribution is 9.10. The third-order valence-corrected chi connectivity index (χ3v) is 7.03. The van der Waals surface area contributed by atoms with E-state index in [-0.39, 0.29) is 10.8 Å². The van der Waals surface area contributed by atoms with Crippen molar-refractivity contribution in [1.82, 2.24) is 14.9 Å². The van der Waals surface area contributed by atoms with Crippen molar-refractivity contribution in [1.29, 1.82) is 0 Å². The average molecular weight is 502 g/mol. The molecule has 0 fully saturated rings. The molecule has 0 saturated heterocycles. The molecule has 0 aliphatic rings. The predicted octanol–water partition coefficient (Wildman–Crippen LogP) is 5.37. The van der Waals surface area contributed by atoms with Crippen molar-refractivity contribution in [3.05, 3.63) is 63.0 Å². The van der Waals surface area contributed by atoms with Gasteiger partial charge in [0, 0.05) is 15.2 Å². The van der Waals surface area contributed by atoms with E-state index in [1.54, 1.807) is 12.1 Å². The molecule has 0 saturated carbocycles. The Kier molecular flexibility index (Phi) is 6.72. The number of anilines is 2. The Bertz CT molecular complexity index is 1040. The molecular formula is C18H18BrClN4O2S2. The van der Waals surface area contributed by atoms with Crippen LogP contribution in [0.25, 0.3) is 0 Å². The highest BCUT2D eigenvalue weighted by Crippen LogP contribution is 2.30. The Balaban J connectivity index is 1.80. The monoisotopic (exact) mass is 500 g/mol. The summed E-state index contributed by atoms with van der Waals surface area (Å²) in [5.41, 5.74) is 0.869. The number of sulfonamides is 1. The highest BCUT2D eigenvalue weighted by atomic mass is 79.9. The van der Waals surface area contributed by atoms with Gasteiger partial charge in [0.15, 0.2) is 0 Å². The summed E-state index contributed by atoms with van der Waals surface area (Å²) in [4.78, 5) is 0.153. The van der Waals surface area contributed by atoms with Gasteiger partial charge in [-0.1, -0.05) is 52.7 Å². The van der Waals surface area contributed by atoms with Gasteiger partial charge < -0.3 is 5.32 Å². The van der Waals surface area contributed by atoms with Crippen molar-refractivity contribution in [2.24, 2.45) is 5.92 Å². The highest BCUT2D eigenvalue weighted by Gasteiger charge is 2.27. The van der Waals surface area contributed by atoms with Gasteiger partial charge >= 0.3 is 0 Å².